The Kier molecular flexibility index (Phi) is 12.8. The van der Waals surface area contributed by atoms with Gasteiger partial charge in [-0.05, 0) is 108 Å². The van der Waals surface area contributed by atoms with Crippen LogP contribution in [-0.2, 0) is 21.9 Å². The van der Waals surface area contributed by atoms with Crippen molar-refractivity contribution in [3.8, 4) is 22.3 Å². The van der Waals surface area contributed by atoms with Gasteiger partial charge < -0.3 is 10.6 Å². The first kappa shape index (κ1) is 41.9. The number of benzene rings is 4. The molecule has 0 spiro atoms. The molecule has 2 amide bonds. The van der Waals surface area contributed by atoms with Crippen molar-refractivity contribution < 1.29 is 35.9 Å². The van der Waals surface area contributed by atoms with E-state index < -0.39 is 45.1 Å². The van der Waals surface area contributed by atoms with Crippen LogP contribution in [0.5, 0.6) is 0 Å². The van der Waals surface area contributed by atoms with E-state index in [-0.39, 0.29) is 57.3 Å². The number of hydrogen-bond donors (Lipinski definition) is 2. The second-order valence-corrected chi connectivity index (χ2v) is 16.4. The van der Waals surface area contributed by atoms with Crippen LogP contribution in [0.1, 0.15) is 111 Å². The van der Waals surface area contributed by atoms with E-state index >= 15 is 26.3 Å². The van der Waals surface area contributed by atoms with E-state index in [9.17, 15) is 9.59 Å². The molecule has 0 bridgehead atoms. The van der Waals surface area contributed by atoms with E-state index in [0.29, 0.717) is 22.9 Å². The highest BCUT2D eigenvalue weighted by Crippen LogP contribution is 2.52. The van der Waals surface area contributed by atoms with Gasteiger partial charge in [-0.1, -0.05) is 100 Å². The third-order valence-corrected chi connectivity index (χ3v) is 11.7. The standard InChI is InChI=1S/C46H46F6N2O2S/c1-27(2)33-15-5-7-17-35(33)41-29(21-25-39(55)53-31-11-9-12-31)19-23-37(43(41)45(47,48)49)57-38-24-20-30(22-26-40(56)54-32-13-10-14-32)42(44(38)46(50,51)52)36-18-8-6-16-34(36)28(3)4/h5-8,15-28,31-32H,9-14H2,1-4H3,(H,53,55)(H,54,56)/b25-21+,26-22+. The molecule has 57 heavy (non-hydrogen) atoms. The molecule has 4 nitrogen and oxygen atoms in total. The zero-order chi connectivity index (χ0) is 41.1. The minimum atomic E-state index is -5.01. The first-order chi connectivity index (χ1) is 27.0. The lowest BCUT2D eigenvalue weighted by Gasteiger charge is -2.26. The zero-order valence-corrected chi connectivity index (χ0v) is 33.1. The van der Waals surface area contributed by atoms with E-state index in [4.69, 9.17) is 0 Å². The predicted octanol–water partition coefficient (Wildman–Crippen LogP) is 12.8. The number of carbonyl (C=O) groups is 2. The normalized spacial score (nSPS) is 15.4. The van der Waals surface area contributed by atoms with E-state index in [1.54, 1.807) is 48.5 Å². The van der Waals surface area contributed by atoms with Crippen LogP contribution in [0.4, 0.5) is 26.3 Å². The highest BCUT2D eigenvalue weighted by molar-refractivity contribution is 7.99. The van der Waals surface area contributed by atoms with Crippen LogP contribution in [0.25, 0.3) is 34.4 Å². The fraction of sp³-hybridized carbons (Fsp3) is 0.348. The molecule has 2 aliphatic carbocycles. The van der Waals surface area contributed by atoms with Crippen molar-refractivity contribution in [2.24, 2.45) is 0 Å². The molecule has 300 valence electrons. The van der Waals surface area contributed by atoms with Crippen LogP contribution in [0.3, 0.4) is 0 Å². The summed E-state index contributed by atoms with van der Waals surface area (Å²) in [6, 6.07) is 18.6. The number of alkyl halides is 6. The van der Waals surface area contributed by atoms with Crippen molar-refractivity contribution in [1.82, 2.24) is 10.6 Å². The summed E-state index contributed by atoms with van der Waals surface area (Å²) in [5.74, 6) is -1.27. The fourth-order valence-corrected chi connectivity index (χ4v) is 8.45. The molecule has 2 fully saturated rings. The van der Waals surface area contributed by atoms with Gasteiger partial charge >= 0.3 is 12.4 Å². The van der Waals surface area contributed by atoms with Crippen LogP contribution >= 0.6 is 11.8 Å². The van der Waals surface area contributed by atoms with Gasteiger partial charge in [0.15, 0.2) is 0 Å². The van der Waals surface area contributed by atoms with Gasteiger partial charge in [0.05, 0.1) is 11.1 Å². The van der Waals surface area contributed by atoms with Gasteiger partial charge in [0.1, 0.15) is 0 Å². The van der Waals surface area contributed by atoms with Gasteiger partial charge in [-0.15, -0.1) is 0 Å². The summed E-state index contributed by atoms with van der Waals surface area (Å²) in [5, 5.41) is 5.72. The third-order valence-electron chi connectivity index (χ3n) is 10.6. The van der Waals surface area contributed by atoms with Crippen molar-refractivity contribution in [3.05, 3.63) is 118 Å². The molecule has 2 saturated carbocycles. The van der Waals surface area contributed by atoms with Crippen LogP contribution in [0, 0.1) is 0 Å². The Hall–Kier alpha value is -4.77. The van der Waals surface area contributed by atoms with Gasteiger partial charge in [-0.3, -0.25) is 9.59 Å². The number of carbonyl (C=O) groups excluding carboxylic acids is 2. The van der Waals surface area contributed by atoms with Crippen molar-refractivity contribution in [2.45, 2.75) is 112 Å². The number of hydrogen-bond acceptors (Lipinski definition) is 3. The maximum atomic E-state index is 15.6. The van der Waals surface area contributed by atoms with Crippen LogP contribution < -0.4 is 10.6 Å². The molecular formula is C46H46F6N2O2S. The maximum Gasteiger partial charge on any atom is 0.418 e. The predicted molar refractivity (Wildman–Crippen MR) is 216 cm³/mol. The lowest BCUT2D eigenvalue weighted by molar-refractivity contribution is -0.139. The average Bonchev–Trinajstić information content (AvgIpc) is 3.12. The molecule has 6 rings (SSSR count). The summed E-state index contributed by atoms with van der Waals surface area (Å²) in [7, 11) is 0. The van der Waals surface area contributed by atoms with E-state index in [1.807, 2.05) is 27.7 Å². The Bertz CT molecular complexity index is 2030. The van der Waals surface area contributed by atoms with Gasteiger partial charge in [0.25, 0.3) is 0 Å². The van der Waals surface area contributed by atoms with Crippen LogP contribution in [-0.4, -0.2) is 23.9 Å². The summed E-state index contributed by atoms with van der Waals surface area (Å²) in [6.45, 7) is 7.41. The summed E-state index contributed by atoms with van der Waals surface area (Å²) in [6.07, 6.45) is 0.357. The fourth-order valence-electron chi connectivity index (χ4n) is 7.30. The summed E-state index contributed by atoms with van der Waals surface area (Å²) >= 11 is 0.398. The summed E-state index contributed by atoms with van der Waals surface area (Å²) < 4.78 is 93.8. The van der Waals surface area contributed by atoms with Gasteiger partial charge in [0.2, 0.25) is 11.8 Å². The highest BCUT2D eigenvalue weighted by Gasteiger charge is 2.42. The molecule has 0 saturated heterocycles. The lowest BCUT2D eigenvalue weighted by atomic mass is 9.87. The van der Waals surface area contributed by atoms with Crippen molar-refractivity contribution in [2.75, 3.05) is 0 Å². The third kappa shape index (κ3) is 9.68. The Morgan fingerprint density at radius 2 is 0.965 bits per heavy atom. The lowest BCUT2D eigenvalue weighted by Crippen LogP contribution is -2.38. The number of amides is 2. The maximum absolute atomic E-state index is 15.6. The minimum absolute atomic E-state index is 0.0133. The molecule has 0 aromatic heterocycles. The molecule has 2 N–H and O–H groups in total. The van der Waals surface area contributed by atoms with Crippen molar-refractivity contribution in [1.29, 1.82) is 0 Å². The largest absolute Gasteiger partial charge is 0.418 e. The summed E-state index contributed by atoms with van der Waals surface area (Å²) in [4.78, 5) is 24.7. The van der Waals surface area contributed by atoms with E-state index in [2.05, 4.69) is 10.6 Å². The van der Waals surface area contributed by atoms with Crippen LogP contribution in [0.15, 0.2) is 94.7 Å². The first-order valence-electron chi connectivity index (χ1n) is 19.3. The minimum Gasteiger partial charge on any atom is -0.350 e. The Morgan fingerprint density at radius 3 is 1.28 bits per heavy atom. The number of halogens is 6. The monoisotopic (exact) mass is 804 g/mol. The van der Waals surface area contributed by atoms with E-state index in [0.717, 1.165) is 38.5 Å². The quantitative estimate of drug-likeness (QED) is 0.111. The molecule has 11 heteroatoms. The Morgan fingerprint density at radius 1 is 0.596 bits per heavy atom. The van der Waals surface area contributed by atoms with Gasteiger partial charge in [-0.2, -0.15) is 26.3 Å². The molecule has 0 radical (unpaired) electrons. The topological polar surface area (TPSA) is 58.2 Å². The second kappa shape index (κ2) is 17.4. The smallest absolute Gasteiger partial charge is 0.350 e. The molecule has 0 unspecified atom stereocenters. The number of rotatable bonds is 12. The average molecular weight is 805 g/mol. The van der Waals surface area contributed by atoms with E-state index in [1.165, 1.54) is 48.6 Å². The molecule has 2 aliphatic rings. The van der Waals surface area contributed by atoms with Crippen LogP contribution in [0.2, 0.25) is 0 Å². The molecule has 0 atom stereocenters. The van der Waals surface area contributed by atoms with Crippen molar-refractivity contribution in [3.63, 3.8) is 0 Å². The summed E-state index contributed by atoms with van der Waals surface area (Å²) in [5.41, 5.74) is -0.680. The molecule has 4 aromatic rings. The molecule has 0 heterocycles. The molecule has 0 aliphatic heterocycles. The zero-order valence-electron chi connectivity index (χ0n) is 32.3. The Balaban J connectivity index is 1.57. The Labute approximate surface area is 334 Å². The first-order valence-corrected chi connectivity index (χ1v) is 20.2. The van der Waals surface area contributed by atoms with Gasteiger partial charge in [-0.25, -0.2) is 0 Å². The number of nitrogens with one attached hydrogen (secondary N) is 2. The molecular weight excluding hydrogens is 759 g/mol. The highest BCUT2D eigenvalue weighted by atomic mass is 32.2. The SMILES string of the molecule is CC(C)c1ccccc1-c1c(/C=C/C(=O)NC2CCC2)ccc(Sc2ccc(/C=C/C(=O)NC3CCC3)c(-c3ccccc3C(C)C)c2C(F)(F)F)c1C(F)(F)F. The van der Waals surface area contributed by atoms with Gasteiger partial charge in [0, 0.05) is 45.2 Å². The van der Waals surface area contributed by atoms with Crippen molar-refractivity contribution >= 4 is 35.7 Å². The second-order valence-electron chi connectivity index (χ2n) is 15.3. The molecule has 4 aromatic carbocycles.